The van der Waals surface area contributed by atoms with Gasteiger partial charge in [0.1, 0.15) is 11.6 Å². The first-order chi connectivity index (χ1) is 14.2. The van der Waals surface area contributed by atoms with Gasteiger partial charge in [-0.05, 0) is 37.1 Å². The van der Waals surface area contributed by atoms with E-state index in [1.165, 1.54) is 6.07 Å². The van der Waals surface area contributed by atoms with Gasteiger partial charge in [-0.15, -0.1) is 0 Å². The molecule has 2 aromatic rings. The molecule has 5 nitrogen and oxygen atoms in total. The second-order valence-electron chi connectivity index (χ2n) is 7.72. The van der Waals surface area contributed by atoms with E-state index in [-0.39, 0.29) is 11.7 Å². The van der Waals surface area contributed by atoms with Crippen LogP contribution in [-0.4, -0.2) is 68.1 Å². The molecule has 0 radical (unpaired) electrons. The first kappa shape index (κ1) is 19.7. The van der Waals surface area contributed by atoms with Crippen molar-refractivity contribution in [2.75, 3.05) is 51.3 Å². The predicted octanol–water partition coefficient (Wildman–Crippen LogP) is 3.26. The lowest BCUT2D eigenvalue weighted by atomic mass is 10.0. The molecule has 2 aliphatic rings. The van der Waals surface area contributed by atoms with Crippen LogP contribution in [0.2, 0.25) is 0 Å². The van der Waals surface area contributed by atoms with E-state index >= 15 is 0 Å². The number of para-hydroxylation sites is 2. The smallest absolute Gasteiger partial charge is 0.257 e. The highest BCUT2D eigenvalue weighted by molar-refractivity contribution is 5.97. The van der Waals surface area contributed by atoms with Crippen molar-refractivity contribution in [1.82, 2.24) is 9.80 Å². The summed E-state index contributed by atoms with van der Waals surface area (Å²) in [6.07, 6.45) is 2.09. The Morgan fingerprint density at radius 1 is 1.00 bits per heavy atom. The summed E-state index contributed by atoms with van der Waals surface area (Å²) in [7, 11) is 1.60. The highest BCUT2D eigenvalue weighted by atomic mass is 19.1. The molecule has 1 unspecified atom stereocenters. The summed E-state index contributed by atoms with van der Waals surface area (Å²) in [5, 5.41) is 0. The summed E-state index contributed by atoms with van der Waals surface area (Å²) in [4.78, 5) is 19.6. The van der Waals surface area contributed by atoms with Gasteiger partial charge in [0.25, 0.3) is 5.91 Å². The third-order valence-corrected chi connectivity index (χ3v) is 6.04. The number of piperazine rings is 1. The molecule has 2 saturated heterocycles. The Hall–Kier alpha value is -2.60. The number of piperidine rings is 1. The van der Waals surface area contributed by atoms with Crippen LogP contribution >= 0.6 is 0 Å². The molecule has 1 atom stereocenters. The van der Waals surface area contributed by atoms with Crippen LogP contribution in [0.1, 0.15) is 23.2 Å². The lowest BCUT2D eigenvalue weighted by Gasteiger charge is -2.44. The minimum absolute atomic E-state index is 0.0390. The average molecular weight is 397 g/mol. The molecular weight excluding hydrogens is 369 g/mol. The minimum atomic E-state index is -0.160. The molecule has 2 aliphatic heterocycles. The molecule has 0 aliphatic carbocycles. The van der Waals surface area contributed by atoms with Crippen molar-refractivity contribution in [3.8, 4) is 5.75 Å². The minimum Gasteiger partial charge on any atom is -0.496 e. The number of benzene rings is 2. The summed E-state index contributed by atoms with van der Waals surface area (Å²) in [6, 6.07) is 14.7. The Kier molecular flexibility index (Phi) is 6.00. The number of nitrogens with zero attached hydrogens (tertiary/aromatic N) is 3. The molecule has 29 heavy (non-hydrogen) atoms. The molecular formula is C23H28FN3O2. The maximum Gasteiger partial charge on any atom is 0.257 e. The fourth-order valence-electron chi connectivity index (χ4n) is 4.47. The van der Waals surface area contributed by atoms with Crippen LogP contribution in [0.4, 0.5) is 10.1 Å². The first-order valence-electron chi connectivity index (χ1n) is 10.3. The number of halogens is 1. The Morgan fingerprint density at radius 2 is 1.72 bits per heavy atom. The van der Waals surface area contributed by atoms with E-state index in [1.807, 2.05) is 41.3 Å². The van der Waals surface area contributed by atoms with Crippen molar-refractivity contribution < 1.29 is 13.9 Å². The number of hydrogen-bond acceptors (Lipinski definition) is 4. The van der Waals surface area contributed by atoms with Crippen molar-refractivity contribution in [3.05, 3.63) is 59.9 Å². The number of carbonyl (C=O) groups is 1. The summed E-state index contributed by atoms with van der Waals surface area (Å²) in [5.41, 5.74) is 1.31. The number of anilines is 1. The van der Waals surface area contributed by atoms with Gasteiger partial charge in [-0.3, -0.25) is 9.69 Å². The Balaban J connectivity index is 1.38. The quantitative estimate of drug-likeness (QED) is 0.794. The number of ether oxygens (including phenoxy) is 1. The van der Waals surface area contributed by atoms with Gasteiger partial charge in [-0.25, -0.2) is 4.39 Å². The van der Waals surface area contributed by atoms with Gasteiger partial charge < -0.3 is 14.5 Å². The van der Waals surface area contributed by atoms with E-state index < -0.39 is 0 Å². The summed E-state index contributed by atoms with van der Waals surface area (Å²) in [5.74, 6) is 0.502. The van der Waals surface area contributed by atoms with E-state index in [2.05, 4.69) is 9.80 Å². The zero-order valence-electron chi connectivity index (χ0n) is 16.9. The number of hydrogen-bond donors (Lipinski definition) is 0. The molecule has 2 fully saturated rings. The lowest BCUT2D eigenvalue weighted by Crippen LogP contribution is -2.56. The van der Waals surface area contributed by atoms with Crippen molar-refractivity contribution in [1.29, 1.82) is 0 Å². The van der Waals surface area contributed by atoms with Gasteiger partial charge in [-0.1, -0.05) is 24.3 Å². The average Bonchev–Trinajstić information content (AvgIpc) is 2.79. The molecule has 0 N–H and O–H groups in total. The van der Waals surface area contributed by atoms with E-state index in [0.717, 1.165) is 52.1 Å². The maximum atomic E-state index is 14.1. The number of amides is 1. The molecule has 0 spiro atoms. The fraction of sp³-hybridized carbons (Fsp3) is 0.435. The third kappa shape index (κ3) is 4.22. The van der Waals surface area contributed by atoms with Crippen molar-refractivity contribution in [2.45, 2.75) is 18.9 Å². The predicted molar refractivity (Wildman–Crippen MR) is 112 cm³/mol. The largest absolute Gasteiger partial charge is 0.496 e. The molecule has 0 saturated carbocycles. The second-order valence-corrected chi connectivity index (χ2v) is 7.72. The Bertz CT molecular complexity index is 852. The first-order valence-corrected chi connectivity index (χ1v) is 10.3. The van der Waals surface area contributed by atoms with Crippen LogP contribution in [0.15, 0.2) is 48.5 Å². The topological polar surface area (TPSA) is 36.0 Å². The molecule has 0 aromatic heterocycles. The second kappa shape index (κ2) is 8.82. The number of rotatable bonds is 4. The van der Waals surface area contributed by atoms with E-state index in [0.29, 0.717) is 23.0 Å². The molecule has 6 heteroatoms. The van der Waals surface area contributed by atoms with Crippen LogP contribution in [0.5, 0.6) is 5.75 Å². The van der Waals surface area contributed by atoms with Gasteiger partial charge in [0.2, 0.25) is 0 Å². The Morgan fingerprint density at radius 3 is 2.48 bits per heavy atom. The van der Waals surface area contributed by atoms with Crippen molar-refractivity contribution in [2.24, 2.45) is 0 Å². The zero-order chi connectivity index (χ0) is 20.2. The van der Waals surface area contributed by atoms with Crippen molar-refractivity contribution in [3.63, 3.8) is 0 Å². The molecule has 0 bridgehead atoms. The normalized spacial score (nSPS) is 20.6. The van der Waals surface area contributed by atoms with Gasteiger partial charge >= 0.3 is 0 Å². The third-order valence-electron chi connectivity index (χ3n) is 6.04. The van der Waals surface area contributed by atoms with Gasteiger partial charge in [0.15, 0.2) is 0 Å². The van der Waals surface area contributed by atoms with Crippen LogP contribution in [0.25, 0.3) is 0 Å². The van der Waals surface area contributed by atoms with Gasteiger partial charge in [-0.2, -0.15) is 0 Å². The summed E-state index contributed by atoms with van der Waals surface area (Å²) in [6.45, 7) is 4.89. The number of methoxy groups -OCH3 is 1. The molecule has 154 valence electrons. The molecule has 2 heterocycles. The molecule has 2 aromatic carbocycles. The van der Waals surface area contributed by atoms with Crippen molar-refractivity contribution >= 4 is 11.6 Å². The number of carbonyl (C=O) groups excluding carboxylic acids is 1. The highest BCUT2D eigenvalue weighted by Crippen LogP contribution is 2.25. The highest BCUT2D eigenvalue weighted by Gasteiger charge is 2.31. The maximum absolute atomic E-state index is 14.1. The van der Waals surface area contributed by atoms with Crippen LogP contribution < -0.4 is 9.64 Å². The number of likely N-dealkylation sites (tertiary alicyclic amines) is 1. The van der Waals surface area contributed by atoms with Crippen LogP contribution in [0.3, 0.4) is 0 Å². The molecule has 4 rings (SSSR count). The monoisotopic (exact) mass is 397 g/mol. The summed E-state index contributed by atoms with van der Waals surface area (Å²) < 4.78 is 19.4. The van der Waals surface area contributed by atoms with Gasteiger partial charge in [0.05, 0.1) is 18.4 Å². The Labute approximate surface area is 171 Å². The SMILES string of the molecule is COc1ccccc1C(=O)N1CCCC(N2CCN(c3ccccc3F)CC2)C1. The standard InChI is InChI=1S/C23H28FN3O2/c1-29-22-11-5-2-8-19(22)23(28)27-12-6-7-18(17-27)25-13-15-26(16-14-25)21-10-4-3-9-20(21)24/h2-5,8-11,18H,6-7,12-17H2,1H3. The fourth-order valence-corrected chi connectivity index (χ4v) is 4.47. The molecule has 1 amide bonds. The van der Waals surface area contributed by atoms with E-state index in [1.54, 1.807) is 13.2 Å². The zero-order valence-corrected chi connectivity index (χ0v) is 16.9. The summed E-state index contributed by atoms with van der Waals surface area (Å²) >= 11 is 0. The lowest BCUT2D eigenvalue weighted by molar-refractivity contribution is 0.0560. The van der Waals surface area contributed by atoms with Crippen LogP contribution in [-0.2, 0) is 0 Å². The van der Waals surface area contributed by atoms with E-state index in [4.69, 9.17) is 4.74 Å². The van der Waals surface area contributed by atoms with E-state index in [9.17, 15) is 9.18 Å². The van der Waals surface area contributed by atoms with Crippen LogP contribution in [0, 0.1) is 5.82 Å². The van der Waals surface area contributed by atoms with Gasteiger partial charge in [0, 0.05) is 45.3 Å².